The van der Waals surface area contributed by atoms with Gasteiger partial charge in [-0.3, -0.25) is 4.79 Å². The van der Waals surface area contributed by atoms with Crippen molar-refractivity contribution in [2.24, 2.45) is 5.10 Å². The number of hydrogen-bond donors (Lipinski definition) is 1. The third-order valence-corrected chi connectivity index (χ3v) is 5.63. The Morgan fingerprint density at radius 2 is 1.57 bits per heavy atom. The fourth-order valence-electron chi connectivity index (χ4n) is 3.18. The summed E-state index contributed by atoms with van der Waals surface area (Å²) in [5.74, 6) is -0.456. The van der Waals surface area contributed by atoms with E-state index in [4.69, 9.17) is 44.3 Å². The van der Waals surface area contributed by atoms with Crippen LogP contribution in [0.4, 0.5) is 0 Å². The Bertz CT molecular complexity index is 1420. The van der Waals surface area contributed by atoms with Gasteiger partial charge in [0.2, 0.25) is 0 Å². The normalized spacial score (nSPS) is 10.9. The number of esters is 1. The lowest BCUT2D eigenvalue weighted by molar-refractivity contribution is -0.123. The Morgan fingerprint density at radius 3 is 2.34 bits per heavy atom. The molecule has 0 bridgehead atoms. The average molecular weight is 528 g/mol. The van der Waals surface area contributed by atoms with Gasteiger partial charge in [-0.15, -0.1) is 0 Å². The second-order valence-corrected chi connectivity index (χ2v) is 8.53. The largest absolute Gasteiger partial charge is 0.482 e. The predicted molar refractivity (Wildman–Crippen MR) is 138 cm³/mol. The van der Waals surface area contributed by atoms with Crippen molar-refractivity contribution in [3.05, 3.63) is 105 Å². The van der Waals surface area contributed by atoms with Crippen LogP contribution < -0.4 is 14.9 Å². The molecule has 35 heavy (non-hydrogen) atoms. The Labute approximate surface area is 216 Å². The molecule has 0 aliphatic carbocycles. The van der Waals surface area contributed by atoms with Crippen LogP contribution in [0.2, 0.25) is 15.1 Å². The summed E-state index contributed by atoms with van der Waals surface area (Å²) in [4.78, 5) is 24.9. The standard InChI is InChI=1S/C26H17Cl3N2O4/c27-18-8-5-17(6-9-18)26(33)35-23-11-7-16-3-1-2-4-20(16)21(23)14-30-31-25(32)15-34-24-12-10-19(28)13-22(24)29/h1-14H,15H2,(H,31,32)/b30-14+. The monoisotopic (exact) mass is 526 g/mol. The van der Waals surface area contributed by atoms with Gasteiger partial charge in [-0.25, -0.2) is 10.2 Å². The van der Waals surface area contributed by atoms with Crippen molar-refractivity contribution in [3.8, 4) is 11.5 Å². The maximum absolute atomic E-state index is 12.6. The molecule has 4 aromatic carbocycles. The van der Waals surface area contributed by atoms with Crippen molar-refractivity contribution in [3.63, 3.8) is 0 Å². The van der Waals surface area contributed by atoms with Gasteiger partial charge in [0.25, 0.3) is 5.91 Å². The number of nitrogens with one attached hydrogen (secondary N) is 1. The molecular formula is C26H17Cl3N2O4. The Hall–Kier alpha value is -3.58. The summed E-state index contributed by atoms with van der Waals surface area (Å²) < 4.78 is 11.0. The molecule has 176 valence electrons. The molecular weight excluding hydrogens is 511 g/mol. The number of fused-ring (bicyclic) bond motifs is 1. The van der Waals surface area contributed by atoms with Crippen LogP contribution in [0.3, 0.4) is 0 Å². The summed E-state index contributed by atoms with van der Waals surface area (Å²) in [6.07, 6.45) is 1.42. The highest BCUT2D eigenvalue weighted by Gasteiger charge is 2.14. The molecule has 0 aliphatic heterocycles. The highest BCUT2D eigenvalue weighted by Crippen LogP contribution is 2.28. The molecule has 0 unspecified atom stereocenters. The highest BCUT2D eigenvalue weighted by atomic mass is 35.5. The fourth-order valence-corrected chi connectivity index (χ4v) is 3.77. The number of carbonyl (C=O) groups is 2. The quantitative estimate of drug-likeness (QED) is 0.128. The smallest absolute Gasteiger partial charge is 0.343 e. The first-order chi connectivity index (χ1) is 16.9. The lowest BCUT2D eigenvalue weighted by Crippen LogP contribution is -2.24. The van der Waals surface area contributed by atoms with Crippen LogP contribution in [-0.4, -0.2) is 24.7 Å². The summed E-state index contributed by atoms with van der Waals surface area (Å²) >= 11 is 17.8. The van der Waals surface area contributed by atoms with Crippen LogP contribution in [0.5, 0.6) is 11.5 Å². The zero-order chi connectivity index (χ0) is 24.8. The van der Waals surface area contributed by atoms with E-state index < -0.39 is 11.9 Å². The molecule has 0 aliphatic rings. The van der Waals surface area contributed by atoms with E-state index in [1.165, 1.54) is 12.3 Å². The first-order valence-corrected chi connectivity index (χ1v) is 11.4. The van der Waals surface area contributed by atoms with E-state index in [1.807, 2.05) is 30.3 Å². The molecule has 0 atom stereocenters. The van der Waals surface area contributed by atoms with E-state index in [-0.39, 0.29) is 17.4 Å². The predicted octanol–water partition coefficient (Wildman–Crippen LogP) is 6.55. The van der Waals surface area contributed by atoms with Crippen molar-refractivity contribution >= 4 is 63.7 Å². The molecule has 4 rings (SSSR count). The second kappa shape index (κ2) is 11.2. The SMILES string of the molecule is O=C(COc1ccc(Cl)cc1Cl)N/N=C/c1c(OC(=O)c2ccc(Cl)cc2)ccc2ccccc12. The zero-order valence-corrected chi connectivity index (χ0v) is 20.3. The zero-order valence-electron chi connectivity index (χ0n) is 18.0. The molecule has 0 heterocycles. The number of hydrazone groups is 1. The van der Waals surface area contributed by atoms with Crippen molar-refractivity contribution in [1.29, 1.82) is 0 Å². The van der Waals surface area contributed by atoms with Crippen LogP contribution in [-0.2, 0) is 4.79 Å². The van der Waals surface area contributed by atoms with Crippen molar-refractivity contribution in [2.75, 3.05) is 6.61 Å². The van der Waals surface area contributed by atoms with Gasteiger partial charge < -0.3 is 9.47 Å². The van der Waals surface area contributed by atoms with Crippen LogP contribution in [0.15, 0.2) is 84.0 Å². The maximum atomic E-state index is 12.6. The number of hydrogen-bond acceptors (Lipinski definition) is 5. The summed E-state index contributed by atoms with van der Waals surface area (Å²) in [7, 11) is 0. The van der Waals surface area contributed by atoms with Gasteiger partial charge in [-0.05, 0) is 59.3 Å². The topological polar surface area (TPSA) is 77.0 Å². The first-order valence-electron chi connectivity index (χ1n) is 10.3. The third kappa shape index (κ3) is 6.31. The van der Waals surface area contributed by atoms with Crippen LogP contribution in [0.1, 0.15) is 15.9 Å². The lowest BCUT2D eigenvalue weighted by atomic mass is 10.0. The van der Waals surface area contributed by atoms with Crippen molar-refractivity contribution in [2.45, 2.75) is 0 Å². The summed E-state index contributed by atoms with van der Waals surface area (Å²) in [5, 5.41) is 6.98. The van der Waals surface area contributed by atoms with Gasteiger partial charge in [0.15, 0.2) is 6.61 Å². The average Bonchev–Trinajstić information content (AvgIpc) is 2.85. The molecule has 0 saturated carbocycles. The number of amides is 1. The van der Waals surface area contributed by atoms with E-state index in [2.05, 4.69) is 10.5 Å². The number of ether oxygens (including phenoxy) is 2. The van der Waals surface area contributed by atoms with Crippen LogP contribution in [0.25, 0.3) is 10.8 Å². The highest BCUT2D eigenvalue weighted by molar-refractivity contribution is 6.35. The molecule has 0 radical (unpaired) electrons. The number of benzene rings is 4. The van der Waals surface area contributed by atoms with Crippen molar-refractivity contribution < 1.29 is 19.1 Å². The van der Waals surface area contributed by atoms with E-state index in [1.54, 1.807) is 42.5 Å². The molecule has 0 aromatic heterocycles. The van der Waals surface area contributed by atoms with Crippen LogP contribution in [0, 0.1) is 0 Å². The maximum Gasteiger partial charge on any atom is 0.343 e. The molecule has 1 N–H and O–H groups in total. The fraction of sp³-hybridized carbons (Fsp3) is 0.0385. The van der Waals surface area contributed by atoms with E-state index >= 15 is 0 Å². The minimum atomic E-state index is -0.552. The summed E-state index contributed by atoms with van der Waals surface area (Å²) in [6, 6.07) is 22.1. The lowest BCUT2D eigenvalue weighted by Gasteiger charge is -2.11. The number of carbonyl (C=O) groups excluding carboxylic acids is 2. The number of nitrogens with zero attached hydrogens (tertiary/aromatic N) is 1. The molecule has 6 nitrogen and oxygen atoms in total. The summed E-state index contributed by atoms with van der Waals surface area (Å²) in [6.45, 7) is -0.313. The van der Waals surface area contributed by atoms with Gasteiger partial charge in [0.1, 0.15) is 11.5 Å². The van der Waals surface area contributed by atoms with Gasteiger partial charge in [-0.1, -0.05) is 65.1 Å². The van der Waals surface area contributed by atoms with Crippen LogP contribution >= 0.6 is 34.8 Å². The number of rotatable bonds is 7. The Balaban J connectivity index is 1.50. The summed E-state index contributed by atoms with van der Waals surface area (Å²) in [5.41, 5.74) is 3.26. The second-order valence-electron chi connectivity index (χ2n) is 7.25. The number of halogens is 3. The molecule has 1 amide bonds. The van der Waals surface area contributed by atoms with E-state index in [0.29, 0.717) is 26.9 Å². The molecule has 4 aromatic rings. The van der Waals surface area contributed by atoms with Gasteiger partial charge in [-0.2, -0.15) is 5.10 Å². The van der Waals surface area contributed by atoms with E-state index in [9.17, 15) is 9.59 Å². The molecule has 0 spiro atoms. The molecule has 0 saturated heterocycles. The Morgan fingerprint density at radius 1 is 0.857 bits per heavy atom. The third-order valence-electron chi connectivity index (χ3n) is 4.85. The van der Waals surface area contributed by atoms with E-state index in [0.717, 1.165) is 10.8 Å². The molecule has 0 fully saturated rings. The van der Waals surface area contributed by atoms with Gasteiger partial charge in [0, 0.05) is 15.6 Å². The van der Waals surface area contributed by atoms with Crippen molar-refractivity contribution in [1.82, 2.24) is 5.43 Å². The molecule has 9 heteroatoms. The van der Waals surface area contributed by atoms with Gasteiger partial charge >= 0.3 is 5.97 Å². The minimum absolute atomic E-state index is 0.283. The first kappa shape index (κ1) is 24.5. The van der Waals surface area contributed by atoms with Gasteiger partial charge in [0.05, 0.1) is 16.8 Å². The Kier molecular flexibility index (Phi) is 7.87. The minimum Gasteiger partial charge on any atom is -0.482 e.